The molecule has 3 aromatic heterocycles. The second-order valence-electron chi connectivity index (χ2n) is 5.94. The van der Waals surface area contributed by atoms with Crippen molar-refractivity contribution in [3.05, 3.63) is 65.9 Å². The average Bonchev–Trinajstić information content (AvgIpc) is 2.93. The molecule has 2 N–H and O–H groups in total. The molecule has 0 bridgehead atoms. The first-order chi connectivity index (χ1) is 11.7. The van der Waals surface area contributed by atoms with E-state index in [2.05, 4.69) is 38.3 Å². The molecule has 0 aliphatic carbocycles. The Labute approximate surface area is 139 Å². The van der Waals surface area contributed by atoms with Gasteiger partial charge in [-0.1, -0.05) is 6.07 Å². The van der Waals surface area contributed by atoms with Crippen LogP contribution in [0.3, 0.4) is 0 Å². The van der Waals surface area contributed by atoms with Gasteiger partial charge in [-0.25, -0.2) is 0 Å². The molecule has 4 rings (SSSR count). The SMILES string of the molecule is CN1Cc2cccnc2-c2c(C(=O)Nc3cccnc3)c[nH]c2C1. The Balaban J connectivity index is 1.77. The Hall–Kier alpha value is -2.99. The summed E-state index contributed by atoms with van der Waals surface area (Å²) in [5, 5.41) is 2.89. The van der Waals surface area contributed by atoms with E-state index in [1.165, 1.54) is 0 Å². The van der Waals surface area contributed by atoms with E-state index >= 15 is 0 Å². The third-order valence-corrected chi connectivity index (χ3v) is 4.12. The van der Waals surface area contributed by atoms with Gasteiger partial charge >= 0.3 is 0 Å². The summed E-state index contributed by atoms with van der Waals surface area (Å²) < 4.78 is 0. The standard InChI is InChI=1S/C18H17N5O/c1-23-10-12-4-2-7-20-17(12)16-14(9-21-15(16)11-23)18(24)22-13-5-3-6-19-8-13/h2-9,21H,10-11H2,1H3,(H,22,24). The van der Waals surface area contributed by atoms with Crippen LogP contribution in [0.25, 0.3) is 11.3 Å². The van der Waals surface area contributed by atoms with Crippen LogP contribution in [0.5, 0.6) is 0 Å². The van der Waals surface area contributed by atoms with E-state index in [1.54, 1.807) is 30.9 Å². The Bertz CT molecular complexity index is 887. The first-order valence-corrected chi connectivity index (χ1v) is 7.77. The Morgan fingerprint density at radius 2 is 2.12 bits per heavy atom. The van der Waals surface area contributed by atoms with Crippen molar-refractivity contribution in [2.45, 2.75) is 13.1 Å². The largest absolute Gasteiger partial charge is 0.363 e. The van der Waals surface area contributed by atoms with Gasteiger partial charge in [0, 0.05) is 42.9 Å². The first kappa shape index (κ1) is 14.6. The molecular weight excluding hydrogens is 302 g/mol. The van der Waals surface area contributed by atoms with Gasteiger partial charge in [0.1, 0.15) is 0 Å². The lowest BCUT2D eigenvalue weighted by Crippen LogP contribution is -2.15. The molecule has 0 aromatic carbocycles. The molecule has 0 atom stereocenters. The van der Waals surface area contributed by atoms with Gasteiger partial charge in [-0.05, 0) is 30.8 Å². The number of hydrogen-bond acceptors (Lipinski definition) is 4. The van der Waals surface area contributed by atoms with Gasteiger partial charge in [-0.3, -0.25) is 19.7 Å². The zero-order valence-electron chi connectivity index (χ0n) is 13.3. The van der Waals surface area contributed by atoms with E-state index in [0.29, 0.717) is 11.3 Å². The molecule has 6 nitrogen and oxygen atoms in total. The van der Waals surface area contributed by atoms with Gasteiger partial charge in [0.25, 0.3) is 5.91 Å². The maximum Gasteiger partial charge on any atom is 0.257 e. The van der Waals surface area contributed by atoms with Crippen molar-refractivity contribution in [2.75, 3.05) is 12.4 Å². The lowest BCUT2D eigenvalue weighted by molar-refractivity contribution is 0.102. The van der Waals surface area contributed by atoms with Crippen molar-refractivity contribution in [2.24, 2.45) is 0 Å². The second kappa shape index (κ2) is 5.90. The summed E-state index contributed by atoms with van der Waals surface area (Å²) in [4.78, 5) is 26.8. The molecule has 1 aliphatic heterocycles. The van der Waals surface area contributed by atoms with Crippen LogP contribution < -0.4 is 5.32 Å². The summed E-state index contributed by atoms with van der Waals surface area (Å²) in [5.41, 5.74) is 5.15. The lowest BCUT2D eigenvalue weighted by Gasteiger charge is -2.13. The van der Waals surface area contributed by atoms with E-state index in [0.717, 1.165) is 35.6 Å². The highest BCUT2D eigenvalue weighted by Crippen LogP contribution is 2.33. The molecule has 0 unspecified atom stereocenters. The van der Waals surface area contributed by atoms with E-state index in [4.69, 9.17) is 0 Å². The number of fused-ring (bicyclic) bond motifs is 3. The molecule has 6 heteroatoms. The van der Waals surface area contributed by atoms with E-state index in [9.17, 15) is 4.79 Å². The number of aromatic nitrogens is 3. The molecule has 0 radical (unpaired) electrons. The van der Waals surface area contributed by atoms with Crippen molar-refractivity contribution in [3.8, 4) is 11.3 Å². The van der Waals surface area contributed by atoms with Gasteiger partial charge in [-0.15, -0.1) is 0 Å². The molecule has 0 fully saturated rings. The van der Waals surface area contributed by atoms with Crippen molar-refractivity contribution in [3.63, 3.8) is 0 Å². The van der Waals surface area contributed by atoms with Crippen LogP contribution in [0, 0.1) is 0 Å². The lowest BCUT2D eigenvalue weighted by atomic mass is 10.0. The minimum absolute atomic E-state index is 0.165. The zero-order valence-corrected chi connectivity index (χ0v) is 13.3. The molecule has 1 amide bonds. The van der Waals surface area contributed by atoms with Crippen molar-refractivity contribution >= 4 is 11.6 Å². The minimum atomic E-state index is -0.165. The summed E-state index contributed by atoms with van der Waals surface area (Å²) in [6.45, 7) is 1.54. The number of H-pyrrole nitrogens is 1. The Morgan fingerprint density at radius 1 is 1.25 bits per heavy atom. The molecule has 120 valence electrons. The molecule has 4 heterocycles. The average molecular weight is 319 g/mol. The zero-order chi connectivity index (χ0) is 16.5. The van der Waals surface area contributed by atoms with Gasteiger partial charge in [0.15, 0.2) is 0 Å². The molecule has 0 saturated carbocycles. The van der Waals surface area contributed by atoms with Gasteiger partial charge in [0.2, 0.25) is 0 Å². The molecule has 3 aromatic rings. The number of amides is 1. The number of aromatic amines is 1. The number of carbonyl (C=O) groups is 1. The highest BCUT2D eigenvalue weighted by Gasteiger charge is 2.25. The topological polar surface area (TPSA) is 73.9 Å². The number of nitrogens with zero attached hydrogens (tertiary/aromatic N) is 3. The smallest absolute Gasteiger partial charge is 0.257 e. The van der Waals surface area contributed by atoms with Crippen LogP contribution >= 0.6 is 0 Å². The molecular formula is C18H17N5O. The number of pyridine rings is 2. The highest BCUT2D eigenvalue weighted by atomic mass is 16.1. The van der Waals surface area contributed by atoms with E-state index < -0.39 is 0 Å². The van der Waals surface area contributed by atoms with Crippen LogP contribution in [0.4, 0.5) is 5.69 Å². The monoisotopic (exact) mass is 319 g/mol. The molecule has 0 saturated heterocycles. The van der Waals surface area contributed by atoms with E-state index in [1.807, 2.05) is 12.1 Å². The number of rotatable bonds is 2. The summed E-state index contributed by atoms with van der Waals surface area (Å²) in [5.74, 6) is -0.165. The fourth-order valence-electron chi connectivity index (χ4n) is 3.08. The predicted octanol–water partition coefficient (Wildman–Crippen LogP) is 2.67. The van der Waals surface area contributed by atoms with Crippen molar-refractivity contribution in [1.29, 1.82) is 0 Å². The van der Waals surface area contributed by atoms with Crippen LogP contribution in [0.2, 0.25) is 0 Å². The maximum atomic E-state index is 12.8. The number of hydrogen-bond donors (Lipinski definition) is 2. The quantitative estimate of drug-likeness (QED) is 0.761. The summed E-state index contributed by atoms with van der Waals surface area (Å²) in [6, 6.07) is 7.60. The van der Waals surface area contributed by atoms with Gasteiger partial charge in [0.05, 0.1) is 23.1 Å². The number of carbonyl (C=O) groups excluding carboxylic acids is 1. The predicted molar refractivity (Wildman–Crippen MR) is 91.4 cm³/mol. The van der Waals surface area contributed by atoms with Crippen LogP contribution in [0.1, 0.15) is 21.6 Å². The first-order valence-electron chi connectivity index (χ1n) is 7.77. The fraction of sp³-hybridized carbons (Fsp3) is 0.167. The number of nitrogens with one attached hydrogen (secondary N) is 2. The summed E-state index contributed by atoms with van der Waals surface area (Å²) in [7, 11) is 2.06. The molecule has 0 spiro atoms. The summed E-state index contributed by atoms with van der Waals surface area (Å²) in [6.07, 6.45) is 6.83. The second-order valence-corrected chi connectivity index (χ2v) is 5.94. The fourth-order valence-corrected chi connectivity index (χ4v) is 3.08. The van der Waals surface area contributed by atoms with Crippen LogP contribution in [-0.4, -0.2) is 32.8 Å². The minimum Gasteiger partial charge on any atom is -0.363 e. The molecule has 1 aliphatic rings. The Morgan fingerprint density at radius 3 is 2.96 bits per heavy atom. The maximum absolute atomic E-state index is 12.8. The third kappa shape index (κ3) is 2.57. The number of anilines is 1. The molecule has 24 heavy (non-hydrogen) atoms. The van der Waals surface area contributed by atoms with Gasteiger partial charge < -0.3 is 10.3 Å². The van der Waals surface area contributed by atoms with Crippen molar-refractivity contribution < 1.29 is 4.79 Å². The summed E-state index contributed by atoms with van der Waals surface area (Å²) >= 11 is 0. The van der Waals surface area contributed by atoms with Gasteiger partial charge in [-0.2, -0.15) is 0 Å². The normalized spacial score (nSPS) is 13.7. The van der Waals surface area contributed by atoms with E-state index in [-0.39, 0.29) is 5.91 Å². The van der Waals surface area contributed by atoms with Crippen LogP contribution in [-0.2, 0) is 13.1 Å². The van der Waals surface area contributed by atoms with Crippen LogP contribution in [0.15, 0.2) is 49.1 Å². The third-order valence-electron chi connectivity index (χ3n) is 4.12. The van der Waals surface area contributed by atoms with Crippen molar-refractivity contribution in [1.82, 2.24) is 19.9 Å². The Kier molecular flexibility index (Phi) is 3.59. The highest BCUT2D eigenvalue weighted by molar-refractivity contribution is 6.09.